The maximum Gasteiger partial charge on any atom is 0.212 e. The maximum atomic E-state index is 5.86. The lowest BCUT2D eigenvalue weighted by Gasteiger charge is -2.22. The molecule has 20 heavy (non-hydrogen) atoms. The monoisotopic (exact) mass is 264 g/mol. The summed E-state index contributed by atoms with van der Waals surface area (Å²) in [4.78, 5) is 13.4. The van der Waals surface area contributed by atoms with Crippen molar-refractivity contribution in [2.24, 2.45) is 10.7 Å². The van der Waals surface area contributed by atoms with E-state index >= 15 is 0 Å². The highest BCUT2D eigenvalue weighted by Gasteiger charge is 2.25. The van der Waals surface area contributed by atoms with E-state index < -0.39 is 0 Å². The Kier molecular flexibility index (Phi) is 2.23. The third-order valence-corrected chi connectivity index (χ3v) is 3.29. The fourth-order valence-corrected chi connectivity index (χ4v) is 2.44. The molecule has 0 fully saturated rings. The van der Waals surface area contributed by atoms with Gasteiger partial charge in [-0.2, -0.15) is 0 Å². The van der Waals surface area contributed by atoms with Gasteiger partial charge in [0.2, 0.25) is 5.95 Å². The van der Waals surface area contributed by atoms with Crippen molar-refractivity contribution in [1.29, 1.82) is 0 Å². The minimum absolute atomic E-state index is 0.292. The van der Waals surface area contributed by atoms with Crippen LogP contribution in [0.1, 0.15) is 11.9 Å². The van der Waals surface area contributed by atoms with Gasteiger partial charge in [0, 0.05) is 6.20 Å². The van der Waals surface area contributed by atoms with Crippen LogP contribution in [-0.4, -0.2) is 20.5 Å². The van der Waals surface area contributed by atoms with Crippen LogP contribution in [0.4, 0.5) is 5.95 Å². The largest absolute Gasteiger partial charge is 0.370 e. The Morgan fingerprint density at radius 1 is 1.10 bits per heavy atom. The second kappa shape index (κ2) is 4.06. The predicted octanol–water partition coefficient (Wildman–Crippen LogP) is 1.72. The molecule has 3 aromatic rings. The van der Waals surface area contributed by atoms with Gasteiger partial charge in [-0.05, 0) is 24.3 Å². The molecule has 0 spiro atoms. The van der Waals surface area contributed by atoms with Gasteiger partial charge in [0.1, 0.15) is 0 Å². The molecule has 0 saturated carbocycles. The normalized spacial score (nSPS) is 17.4. The summed E-state index contributed by atoms with van der Waals surface area (Å²) in [6.07, 6.45) is 1.46. The first-order valence-corrected chi connectivity index (χ1v) is 6.31. The van der Waals surface area contributed by atoms with E-state index in [4.69, 9.17) is 5.73 Å². The first-order chi connectivity index (χ1) is 9.83. The molecule has 1 aliphatic heterocycles. The van der Waals surface area contributed by atoms with Crippen molar-refractivity contribution in [3.05, 3.63) is 54.4 Å². The zero-order valence-corrected chi connectivity index (χ0v) is 10.6. The van der Waals surface area contributed by atoms with Gasteiger partial charge >= 0.3 is 0 Å². The van der Waals surface area contributed by atoms with Crippen LogP contribution in [-0.2, 0) is 0 Å². The molecule has 1 unspecified atom stereocenters. The number of guanidine groups is 1. The van der Waals surface area contributed by atoms with Gasteiger partial charge in [0.15, 0.2) is 12.1 Å². The van der Waals surface area contributed by atoms with Crippen LogP contribution in [0, 0.1) is 0 Å². The Hall–Kier alpha value is -2.89. The number of nitrogens with two attached hydrogens (primary N) is 1. The van der Waals surface area contributed by atoms with E-state index in [9.17, 15) is 0 Å². The molecule has 98 valence electrons. The zero-order valence-electron chi connectivity index (χ0n) is 10.6. The first-order valence-electron chi connectivity index (χ1n) is 6.31. The van der Waals surface area contributed by atoms with E-state index in [0.717, 1.165) is 16.7 Å². The molecule has 4 rings (SSSR count). The predicted molar refractivity (Wildman–Crippen MR) is 77.4 cm³/mol. The van der Waals surface area contributed by atoms with Crippen molar-refractivity contribution in [1.82, 2.24) is 14.5 Å². The second-order valence-corrected chi connectivity index (χ2v) is 4.56. The summed E-state index contributed by atoms with van der Waals surface area (Å²) >= 11 is 0. The number of hydrogen-bond acceptors (Lipinski definition) is 5. The fourth-order valence-electron chi connectivity index (χ4n) is 2.44. The smallest absolute Gasteiger partial charge is 0.212 e. The van der Waals surface area contributed by atoms with Gasteiger partial charge in [-0.3, -0.25) is 14.9 Å². The minimum Gasteiger partial charge on any atom is -0.370 e. The van der Waals surface area contributed by atoms with E-state index in [1.54, 1.807) is 6.20 Å². The molecule has 0 amide bonds. The molecule has 1 aromatic carbocycles. The average Bonchev–Trinajstić information content (AvgIpc) is 2.85. The van der Waals surface area contributed by atoms with Gasteiger partial charge in [0.25, 0.3) is 0 Å². The Balaban J connectivity index is 1.98. The summed E-state index contributed by atoms with van der Waals surface area (Å²) in [5, 5.41) is 3.00. The van der Waals surface area contributed by atoms with Crippen molar-refractivity contribution in [2.45, 2.75) is 6.17 Å². The Morgan fingerprint density at radius 2 is 1.95 bits per heavy atom. The number of hydrogen-bond donors (Lipinski definition) is 2. The molecule has 0 radical (unpaired) electrons. The van der Waals surface area contributed by atoms with Crippen LogP contribution in [0.25, 0.3) is 11.0 Å². The quantitative estimate of drug-likeness (QED) is 0.701. The molecule has 3 N–H and O–H groups in total. The zero-order chi connectivity index (χ0) is 13.5. The van der Waals surface area contributed by atoms with Crippen LogP contribution in [0.5, 0.6) is 0 Å². The SMILES string of the molecule is NC1=NC(c2ccccn2)n2c(nc3ccccc32)N1. The van der Waals surface area contributed by atoms with E-state index in [1.807, 2.05) is 47.0 Å². The lowest BCUT2D eigenvalue weighted by Crippen LogP contribution is -2.31. The summed E-state index contributed by atoms with van der Waals surface area (Å²) in [6, 6.07) is 13.7. The molecule has 0 bridgehead atoms. The Bertz CT molecular complexity index is 805. The summed E-state index contributed by atoms with van der Waals surface area (Å²) < 4.78 is 2.01. The minimum atomic E-state index is -0.292. The third kappa shape index (κ3) is 1.55. The summed E-state index contributed by atoms with van der Waals surface area (Å²) in [5.74, 6) is 1.04. The molecule has 3 heterocycles. The van der Waals surface area contributed by atoms with Crippen molar-refractivity contribution in [3.8, 4) is 0 Å². The number of benzene rings is 1. The van der Waals surface area contributed by atoms with Crippen LogP contribution < -0.4 is 11.1 Å². The number of para-hydroxylation sites is 2. The lowest BCUT2D eigenvalue weighted by molar-refractivity contribution is 0.608. The number of rotatable bonds is 1. The van der Waals surface area contributed by atoms with E-state index in [-0.39, 0.29) is 6.17 Å². The fraction of sp³-hybridized carbons (Fsp3) is 0.0714. The topological polar surface area (TPSA) is 81.1 Å². The number of pyridine rings is 1. The van der Waals surface area contributed by atoms with Gasteiger partial charge in [0.05, 0.1) is 16.7 Å². The van der Waals surface area contributed by atoms with Crippen molar-refractivity contribution < 1.29 is 0 Å². The highest BCUT2D eigenvalue weighted by atomic mass is 15.4. The van der Waals surface area contributed by atoms with E-state index in [1.165, 1.54) is 0 Å². The van der Waals surface area contributed by atoms with E-state index in [2.05, 4.69) is 20.3 Å². The summed E-state index contributed by atoms with van der Waals surface area (Å²) in [5.41, 5.74) is 8.60. The third-order valence-electron chi connectivity index (χ3n) is 3.29. The molecular formula is C14H12N6. The highest BCUT2D eigenvalue weighted by Crippen LogP contribution is 2.30. The molecule has 1 aliphatic rings. The molecule has 1 atom stereocenters. The van der Waals surface area contributed by atoms with Crippen molar-refractivity contribution in [2.75, 3.05) is 5.32 Å². The highest BCUT2D eigenvalue weighted by molar-refractivity contribution is 5.94. The van der Waals surface area contributed by atoms with Crippen molar-refractivity contribution in [3.63, 3.8) is 0 Å². The second-order valence-electron chi connectivity index (χ2n) is 4.56. The summed E-state index contributed by atoms with van der Waals surface area (Å²) in [6.45, 7) is 0. The van der Waals surface area contributed by atoms with Crippen LogP contribution in [0.2, 0.25) is 0 Å². The number of fused-ring (bicyclic) bond motifs is 3. The standard InChI is InChI=1S/C14H12N6/c15-13-18-12(10-6-3-4-8-16-10)20-11-7-2-1-5-9(11)17-14(20)19-13/h1-8,12H,(H3,15,17,18,19). The van der Waals surface area contributed by atoms with Gasteiger partial charge in [-0.25, -0.2) is 9.98 Å². The van der Waals surface area contributed by atoms with Gasteiger partial charge < -0.3 is 5.73 Å². The molecular weight excluding hydrogens is 252 g/mol. The number of nitrogens with zero attached hydrogens (tertiary/aromatic N) is 4. The number of imidazole rings is 1. The first kappa shape index (κ1) is 11.0. The van der Waals surface area contributed by atoms with Crippen LogP contribution in [0.15, 0.2) is 53.7 Å². The maximum absolute atomic E-state index is 5.86. The number of aromatic nitrogens is 3. The van der Waals surface area contributed by atoms with Crippen LogP contribution >= 0.6 is 0 Å². The summed E-state index contributed by atoms with van der Waals surface area (Å²) in [7, 11) is 0. The number of aliphatic imine (C=N–C) groups is 1. The molecule has 0 saturated heterocycles. The number of nitrogens with one attached hydrogen (secondary N) is 1. The lowest BCUT2D eigenvalue weighted by atomic mass is 10.2. The van der Waals surface area contributed by atoms with E-state index in [0.29, 0.717) is 11.9 Å². The van der Waals surface area contributed by atoms with Crippen LogP contribution in [0.3, 0.4) is 0 Å². The molecule has 6 heteroatoms. The molecule has 2 aromatic heterocycles. The Morgan fingerprint density at radius 3 is 2.80 bits per heavy atom. The molecule has 6 nitrogen and oxygen atoms in total. The average molecular weight is 264 g/mol. The van der Waals surface area contributed by atoms with Gasteiger partial charge in [-0.1, -0.05) is 18.2 Å². The number of anilines is 1. The van der Waals surface area contributed by atoms with Gasteiger partial charge in [-0.15, -0.1) is 0 Å². The molecule has 0 aliphatic carbocycles. The van der Waals surface area contributed by atoms with Crippen molar-refractivity contribution >= 4 is 22.9 Å². The Labute approximate surface area is 115 Å².